The minimum Gasteiger partial charge on any atom is -0.493 e. The second-order valence-electron chi connectivity index (χ2n) is 8.90. The lowest BCUT2D eigenvalue weighted by Gasteiger charge is -2.14. The number of anilines is 2. The second kappa shape index (κ2) is 15.2. The topological polar surface area (TPSA) is 106 Å². The molecule has 4 rings (SSSR count). The monoisotopic (exact) mass is 635 g/mol. The Morgan fingerprint density at radius 2 is 1.58 bits per heavy atom. The van der Waals surface area contributed by atoms with Gasteiger partial charge in [-0.2, -0.15) is 0 Å². The minimum atomic E-state index is -0.549. The van der Waals surface area contributed by atoms with E-state index in [0.717, 1.165) is 4.90 Å². The summed E-state index contributed by atoms with van der Waals surface area (Å²) in [6, 6.07) is 25.6. The number of benzene rings is 4. The van der Waals surface area contributed by atoms with Crippen LogP contribution in [0.1, 0.15) is 15.9 Å². The van der Waals surface area contributed by atoms with Gasteiger partial charge in [0.2, 0.25) is 5.91 Å². The van der Waals surface area contributed by atoms with Gasteiger partial charge in [-0.25, -0.2) is 0 Å². The van der Waals surface area contributed by atoms with Crippen molar-refractivity contribution in [2.24, 2.45) is 0 Å². The zero-order chi connectivity index (χ0) is 30.8. The van der Waals surface area contributed by atoms with Gasteiger partial charge in [0, 0.05) is 26.7 Å². The van der Waals surface area contributed by atoms with Crippen LogP contribution in [0.5, 0.6) is 11.5 Å². The van der Waals surface area contributed by atoms with Crippen molar-refractivity contribution in [3.8, 4) is 11.5 Å². The molecule has 0 saturated heterocycles. The van der Waals surface area contributed by atoms with Gasteiger partial charge in [0.05, 0.1) is 30.7 Å². The molecule has 0 aliphatic carbocycles. The lowest BCUT2D eigenvalue weighted by molar-refractivity contribution is -0.114. The summed E-state index contributed by atoms with van der Waals surface area (Å²) in [6.07, 6.45) is 1.52. The lowest BCUT2D eigenvalue weighted by Crippen LogP contribution is -2.30. The molecule has 0 radical (unpaired) electrons. The molecule has 0 fully saturated rings. The number of hydrogen-bond donors (Lipinski definition) is 3. The first-order valence-corrected chi connectivity index (χ1v) is 14.6. The van der Waals surface area contributed by atoms with Crippen LogP contribution in [0.15, 0.2) is 102 Å². The summed E-state index contributed by atoms with van der Waals surface area (Å²) in [5, 5.41) is 9.12. The fourth-order valence-corrected chi connectivity index (χ4v) is 4.92. The Labute approximate surface area is 263 Å². The molecular formula is C32H27Cl2N3O5S. The Morgan fingerprint density at radius 3 is 2.28 bits per heavy atom. The van der Waals surface area contributed by atoms with Crippen molar-refractivity contribution < 1.29 is 23.9 Å². The third-order valence-corrected chi connectivity index (χ3v) is 7.52. The largest absolute Gasteiger partial charge is 0.493 e. The van der Waals surface area contributed by atoms with E-state index < -0.39 is 11.8 Å². The first-order chi connectivity index (χ1) is 20.8. The molecule has 0 atom stereocenters. The third-order valence-electron chi connectivity index (χ3n) is 5.95. The van der Waals surface area contributed by atoms with E-state index in [-0.39, 0.29) is 17.4 Å². The number of hydrogen-bond acceptors (Lipinski definition) is 6. The fraction of sp³-hybridized carbons (Fsp3) is 0.0938. The Balaban J connectivity index is 1.47. The maximum atomic E-state index is 13.4. The van der Waals surface area contributed by atoms with Gasteiger partial charge in [0.1, 0.15) is 5.70 Å². The SMILES string of the molecule is COc1cccc(/C=C(\NC(=O)c2ccccc2)C(=O)Nc2ccc(SCC(=O)Nc3cc(Cl)ccc3Cl)cc2)c1OC. The number of amides is 3. The number of carbonyl (C=O) groups is 3. The van der Waals surface area contributed by atoms with Gasteiger partial charge in [0.25, 0.3) is 11.8 Å². The summed E-state index contributed by atoms with van der Waals surface area (Å²) in [4.78, 5) is 39.6. The second-order valence-corrected chi connectivity index (χ2v) is 10.8. The van der Waals surface area contributed by atoms with Gasteiger partial charge in [-0.1, -0.05) is 53.5 Å². The van der Waals surface area contributed by atoms with E-state index in [9.17, 15) is 14.4 Å². The number of carbonyl (C=O) groups excluding carboxylic acids is 3. The predicted octanol–water partition coefficient (Wildman–Crippen LogP) is 7.15. The van der Waals surface area contributed by atoms with Crippen LogP contribution in [0.25, 0.3) is 6.08 Å². The van der Waals surface area contributed by atoms with E-state index in [4.69, 9.17) is 32.7 Å². The first-order valence-electron chi connectivity index (χ1n) is 12.9. The maximum Gasteiger partial charge on any atom is 0.272 e. The molecule has 0 aliphatic heterocycles. The van der Waals surface area contributed by atoms with Gasteiger partial charge < -0.3 is 25.4 Å². The number of thioether (sulfide) groups is 1. The maximum absolute atomic E-state index is 13.4. The Hall–Kier alpha value is -4.44. The molecule has 0 spiro atoms. The van der Waals surface area contributed by atoms with Crippen LogP contribution >= 0.6 is 35.0 Å². The Bertz CT molecular complexity index is 1650. The van der Waals surface area contributed by atoms with Crippen LogP contribution in [-0.4, -0.2) is 37.7 Å². The number of ether oxygens (including phenoxy) is 2. The summed E-state index contributed by atoms with van der Waals surface area (Å²) in [7, 11) is 3.01. The van der Waals surface area contributed by atoms with Gasteiger partial charge >= 0.3 is 0 Å². The molecule has 43 heavy (non-hydrogen) atoms. The molecule has 220 valence electrons. The third kappa shape index (κ3) is 8.78. The van der Waals surface area contributed by atoms with Crippen LogP contribution in [0.3, 0.4) is 0 Å². The van der Waals surface area contributed by atoms with Crippen LogP contribution in [0.2, 0.25) is 10.0 Å². The molecule has 4 aromatic carbocycles. The van der Waals surface area contributed by atoms with Crippen molar-refractivity contribution in [2.45, 2.75) is 4.90 Å². The molecular weight excluding hydrogens is 609 g/mol. The quantitative estimate of drug-likeness (QED) is 0.119. The van der Waals surface area contributed by atoms with Crippen LogP contribution in [0, 0.1) is 0 Å². The fourth-order valence-electron chi connectivity index (χ4n) is 3.88. The summed E-state index contributed by atoms with van der Waals surface area (Å²) in [5.74, 6) is -0.228. The Morgan fingerprint density at radius 1 is 0.837 bits per heavy atom. The van der Waals surface area contributed by atoms with Crippen molar-refractivity contribution in [2.75, 3.05) is 30.6 Å². The average Bonchev–Trinajstić information content (AvgIpc) is 3.02. The zero-order valence-electron chi connectivity index (χ0n) is 23.2. The molecule has 8 nitrogen and oxygen atoms in total. The highest BCUT2D eigenvalue weighted by Crippen LogP contribution is 2.32. The smallest absolute Gasteiger partial charge is 0.272 e. The molecule has 3 amide bonds. The van der Waals surface area contributed by atoms with Crippen molar-refractivity contribution in [3.63, 3.8) is 0 Å². The van der Waals surface area contributed by atoms with E-state index in [1.54, 1.807) is 91.0 Å². The van der Waals surface area contributed by atoms with E-state index in [1.165, 1.54) is 32.1 Å². The molecule has 4 aromatic rings. The van der Waals surface area contributed by atoms with Crippen molar-refractivity contribution in [1.29, 1.82) is 0 Å². The molecule has 0 unspecified atom stereocenters. The lowest BCUT2D eigenvalue weighted by atomic mass is 10.1. The normalized spacial score (nSPS) is 10.9. The minimum absolute atomic E-state index is 0.00444. The molecule has 3 N–H and O–H groups in total. The van der Waals surface area contributed by atoms with Crippen molar-refractivity contribution in [3.05, 3.63) is 118 Å². The number of rotatable bonds is 11. The van der Waals surface area contributed by atoms with Gasteiger partial charge in [-0.3, -0.25) is 14.4 Å². The standard InChI is InChI=1S/C32H27Cl2N3O5S/c1-41-28-10-6-9-21(30(28)42-2)17-27(37-31(39)20-7-4-3-5-8-20)32(40)35-23-12-14-24(15-13-23)43-19-29(38)36-26-18-22(33)11-16-25(26)34/h3-18H,19H2,1-2H3,(H,35,40)(H,36,38)(H,37,39)/b27-17-. The molecule has 0 heterocycles. The van der Waals surface area contributed by atoms with E-state index >= 15 is 0 Å². The van der Waals surface area contributed by atoms with Crippen molar-refractivity contribution in [1.82, 2.24) is 5.32 Å². The summed E-state index contributed by atoms with van der Waals surface area (Å²) < 4.78 is 10.9. The predicted molar refractivity (Wildman–Crippen MR) is 172 cm³/mol. The first kappa shape index (κ1) is 31.5. The number of nitrogens with one attached hydrogen (secondary N) is 3. The summed E-state index contributed by atoms with van der Waals surface area (Å²) >= 11 is 13.4. The van der Waals surface area contributed by atoms with Crippen LogP contribution < -0.4 is 25.4 Å². The van der Waals surface area contributed by atoms with Crippen molar-refractivity contribution >= 4 is 70.1 Å². The summed E-state index contributed by atoms with van der Waals surface area (Å²) in [5.41, 5.74) is 1.84. The highest BCUT2D eigenvalue weighted by molar-refractivity contribution is 8.00. The molecule has 11 heteroatoms. The highest BCUT2D eigenvalue weighted by atomic mass is 35.5. The van der Waals surface area contributed by atoms with Crippen LogP contribution in [0.4, 0.5) is 11.4 Å². The van der Waals surface area contributed by atoms with E-state index in [1.807, 2.05) is 0 Å². The van der Waals surface area contributed by atoms with Gasteiger partial charge in [-0.15, -0.1) is 11.8 Å². The molecule has 0 bridgehead atoms. The van der Waals surface area contributed by atoms with Gasteiger partial charge in [0.15, 0.2) is 11.5 Å². The number of methoxy groups -OCH3 is 2. The number of para-hydroxylation sites is 1. The van der Waals surface area contributed by atoms with E-state index in [0.29, 0.717) is 44.0 Å². The van der Waals surface area contributed by atoms with Gasteiger partial charge in [-0.05, 0) is 66.7 Å². The average molecular weight is 637 g/mol. The van der Waals surface area contributed by atoms with E-state index in [2.05, 4.69) is 16.0 Å². The highest BCUT2D eigenvalue weighted by Gasteiger charge is 2.17. The Kier molecular flexibility index (Phi) is 11.1. The zero-order valence-corrected chi connectivity index (χ0v) is 25.5. The molecule has 0 aromatic heterocycles. The summed E-state index contributed by atoms with van der Waals surface area (Å²) in [6.45, 7) is 0. The number of halogens is 2. The molecule has 0 aliphatic rings. The van der Waals surface area contributed by atoms with Crippen LogP contribution in [-0.2, 0) is 9.59 Å². The molecule has 0 saturated carbocycles.